The topological polar surface area (TPSA) is 75.7 Å². The first-order valence-electron chi connectivity index (χ1n) is 11.8. The summed E-state index contributed by atoms with van der Waals surface area (Å²) in [6.45, 7) is 8.75. The lowest BCUT2D eigenvalue weighted by molar-refractivity contribution is -0.120. The van der Waals surface area contributed by atoms with Crippen LogP contribution in [0.15, 0.2) is 41.3 Å². The number of para-hydroxylation sites is 1. The van der Waals surface area contributed by atoms with Crippen LogP contribution in [0.3, 0.4) is 0 Å². The van der Waals surface area contributed by atoms with E-state index in [0.29, 0.717) is 25.1 Å². The summed E-state index contributed by atoms with van der Waals surface area (Å²) in [4.78, 5) is 13.4. The Bertz CT molecular complexity index is 1070. The molecular formula is C26H36N2O4S. The molecule has 0 spiro atoms. The van der Waals surface area contributed by atoms with Gasteiger partial charge in [0.15, 0.2) is 0 Å². The summed E-state index contributed by atoms with van der Waals surface area (Å²) in [5, 5.41) is 3.12. The average molecular weight is 473 g/mol. The zero-order valence-electron chi connectivity index (χ0n) is 20.3. The molecule has 1 atom stereocenters. The van der Waals surface area contributed by atoms with Crippen molar-refractivity contribution in [2.75, 3.05) is 25.5 Å². The smallest absolute Gasteiger partial charge is 0.246 e. The predicted octanol–water partition coefficient (Wildman–Crippen LogP) is 4.98. The minimum absolute atomic E-state index is 0.117. The number of benzene rings is 2. The Morgan fingerprint density at radius 1 is 1.15 bits per heavy atom. The summed E-state index contributed by atoms with van der Waals surface area (Å²) in [5.41, 5.74) is 4.00. The molecular weight excluding hydrogens is 436 g/mol. The monoisotopic (exact) mass is 472 g/mol. The van der Waals surface area contributed by atoms with Gasteiger partial charge in [0.2, 0.25) is 15.9 Å². The number of anilines is 1. The van der Waals surface area contributed by atoms with E-state index in [4.69, 9.17) is 4.74 Å². The third-order valence-electron chi connectivity index (χ3n) is 6.47. The van der Waals surface area contributed by atoms with Crippen molar-refractivity contribution in [3.8, 4) is 5.75 Å². The molecule has 1 heterocycles. The van der Waals surface area contributed by atoms with E-state index in [2.05, 4.69) is 19.2 Å². The number of rotatable bonds is 8. The van der Waals surface area contributed by atoms with Gasteiger partial charge >= 0.3 is 0 Å². The Hall–Kier alpha value is -2.38. The third-order valence-corrected chi connectivity index (χ3v) is 8.36. The SMILES string of the molecule is CCc1cccc(CC)c1NC(=O)[C@H]1CCCN(S(=O)(=O)c2cc(C(C)C)ccc2OC)C1. The highest BCUT2D eigenvalue weighted by Crippen LogP contribution is 2.33. The molecule has 2 aromatic rings. The number of nitrogens with one attached hydrogen (secondary N) is 1. The van der Waals surface area contributed by atoms with Gasteiger partial charge in [0.05, 0.1) is 13.0 Å². The standard InChI is InChI=1S/C26H36N2O4S/c1-6-19-10-8-11-20(7-2)25(19)27-26(29)22-12-9-15-28(17-22)33(30,31)24-16-21(18(3)4)13-14-23(24)32-5/h8,10-11,13-14,16,18,22H,6-7,9,12,15,17H2,1-5H3,(H,27,29)/t22-/m0/s1. The molecule has 0 aromatic heterocycles. The molecule has 1 amide bonds. The van der Waals surface area contributed by atoms with Crippen LogP contribution in [0.1, 0.15) is 63.1 Å². The van der Waals surface area contributed by atoms with Gasteiger partial charge in [-0.15, -0.1) is 0 Å². The molecule has 180 valence electrons. The van der Waals surface area contributed by atoms with Crippen LogP contribution >= 0.6 is 0 Å². The molecule has 33 heavy (non-hydrogen) atoms. The number of hydrogen-bond donors (Lipinski definition) is 1. The van der Waals surface area contributed by atoms with Crippen molar-refractivity contribution in [3.05, 3.63) is 53.1 Å². The van der Waals surface area contributed by atoms with Crippen molar-refractivity contribution < 1.29 is 17.9 Å². The lowest BCUT2D eigenvalue weighted by Gasteiger charge is -2.32. The highest BCUT2D eigenvalue weighted by molar-refractivity contribution is 7.89. The Labute approximate surface area is 198 Å². The van der Waals surface area contributed by atoms with Gasteiger partial charge in [0.25, 0.3) is 0 Å². The first kappa shape index (κ1) is 25.2. The van der Waals surface area contributed by atoms with E-state index >= 15 is 0 Å². The molecule has 0 bridgehead atoms. The van der Waals surface area contributed by atoms with Crippen molar-refractivity contribution in [2.45, 2.75) is 64.2 Å². The van der Waals surface area contributed by atoms with Crippen molar-refractivity contribution in [1.29, 1.82) is 0 Å². The number of aryl methyl sites for hydroxylation is 2. The summed E-state index contributed by atoms with van der Waals surface area (Å²) in [6.07, 6.45) is 2.94. The van der Waals surface area contributed by atoms with E-state index in [1.165, 1.54) is 11.4 Å². The maximum absolute atomic E-state index is 13.6. The fourth-order valence-electron chi connectivity index (χ4n) is 4.40. The van der Waals surface area contributed by atoms with E-state index in [1.54, 1.807) is 12.1 Å². The van der Waals surface area contributed by atoms with Crippen LogP contribution in [0.2, 0.25) is 0 Å². The number of hydrogen-bond acceptors (Lipinski definition) is 4. The number of carbonyl (C=O) groups is 1. The van der Waals surface area contributed by atoms with Gasteiger partial charge in [-0.3, -0.25) is 4.79 Å². The molecule has 1 N–H and O–H groups in total. The average Bonchev–Trinajstić information content (AvgIpc) is 2.83. The third kappa shape index (κ3) is 5.41. The van der Waals surface area contributed by atoms with Crippen LogP contribution in [-0.4, -0.2) is 38.8 Å². The minimum atomic E-state index is -3.80. The first-order chi connectivity index (χ1) is 15.7. The van der Waals surface area contributed by atoms with Crippen LogP contribution in [0.25, 0.3) is 0 Å². The Balaban J connectivity index is 1.85. The molecule has 2 aromatic carbocycles. The first-order valence-corrected chi connectivity index (χ1v) is 13.3. The number of amides is 1. The number of carbonyl (C=O) groups excluding carboxylic acids is 1. The fourth-order valence-corrected chi connectivity index (χ4v) is 6.11. The van der Waals surface area contributed by atoms with Gasteiger partial charge < -0.3 is 10.1 Å². The second-order valence-electron chi connectivity index (χ2n) is 8.91. The lowest BCUT2D eigenvalue weighted by atomic mass is 9.97. The Morgan fingerprint density at radius 2 is 1.82 bits per heavy atom. The molecule has 1 aliphatic rings. The van der Waals surface area contributed by atoms with Crippen LogP contribution < -0.4 is 10.1 Å². The largest absolute Gasteiger partial charge is 0.495 e. The highest BCUT2D eigenvalue weighted by atomic mass is 32.2. The van der Waals surface area contributed by atoms with Gasteiger partial charge in [-0.25, -0.2) is 8.42 Å². The molecule has 0 aliphatic carbocycles. The van der Waals surface area contributed by atoms with E-state index in [0.717, 1.165) is 35.2 Å². The van der Waals surface area contributed by atoms with E-state index in [-0.39, 0.29) is 23.3 Å². The molecule has 0 saturated carbocycles. The zero-order chi connectivity index (χ0) is 24.2. The molecule has 7 heteroatoms. The maximum Gasteiger partial charge on any atom is 0.246 e. The number of ether oxygens (including phenoxy) is 1. The number of nitrogens with zero attached hydrogens (tertiary/aromatic N) is 1. The van der Waals surface area contributed by atoms with Gasteiger partial charge in [0, 0.05) is 18.8 Å². The summed E-state index contributed by atoms with van der Waals surface area (Å²) >= 11 is 0. The number of piperidine rings is 1. The molecule has 6 nitrogen and oxygen atoms in total. The zero-order valence-corrected chi connectivity index (χ0v) is 21.2. The lowest BCUT2D eigenvalue weighted by Crippen LogP contribution is -2.43. The van der Waals surface area contributed by atoms with Crippen molar-refractivity contribution in [2.24, 2.45) is 5.92 Å². The van der Waals surface area contributed by atoms with Crippen LogP contribution in [0.4, 0.5) is 5.69 Å². The normalized spacial score (nSPS) is 17.2. The van der Waals surface area contributed by atoms with Crippen molar-refractivity contribution in [1.82, 2.24) is 4.31 Å². The van der Waals surface area contributed by atoms with Crippen LogP contribution in [-0.2, 0) is 27.7 Å². The molecule has 0 radical (unpaired) electrons. The Kier molecular flexibility index (Phi) is 8.19. The fraction of sp³-hybridized carbons (Fsp3) is 0.500. The number of methoxy groups -OCH3 is 1. The Morgan fingerprint density at radius 3 is 2.39 bits per heavy atom. The highest BCUT2D eigenvalue weighted by Gasteiger charge is 2.35. The van der Waals surface area contributed by atoms with E-state index in [9.17, 15) is 13.2 Å². The molecule has 1 fully saturated rings. The van der Waals surface area contributed by atoms with Gasteiger partial charge in [0.1, 0.15) is 10.6 Å². The van der Waals surface area contributed by atoms with Crippen LogP contribution in [0, 0.1) is 5.92 Å². The summed E-state index contributed by atoms with van der Waals surface area (Å²) in [5.74, 6) is 0.00221. The molecule has 1 saturated heterocycles. The van der Waals surface area contributed by atoms with Crippen molar-refractivity contribution >= 4 is 21.6 Å². The summed E-state index contributed by atoms with van der Waals surface area (Å²) < 4.78 is 34.0. The second-order valence-corrected chi connectivity index (χ2v) is 10.8. The maximum atomic E-state index is 13.6. The second kappa shape index (κ2) is 10.7. The number of sulfonamides is 1. The molecule has 0 unspecified atom stereocenters. The minimum Gasteiger partial charge on any atom is -0.495 e. The van der Waals surface area contributed by atoms with Gasteiger partial charge in [-0.05, 0) is 60.4 Å². The molecule has 3 rings (SSSR count). The van der Waals surface area contributed by atoms with Gasteiger partial charge in [-0.1, -0.05) is 52.0 Å². The summed E-state index contributed by atoms with van der Waals surface area (Å²) in [7, 11) is -2.32. The quantitative estimate of drug-likeness (QED) is 0.588. The predicted molar refractivity (Wildman–Crippen MR) is 132 cm³/mol. The van der Waals surface area contributed by atoms with E-state index < -0.39 is 15.9 Å². The van der Waals surface area contributed by atoms with Gasteiger partial charge in [-0.2, -0.15) is 4.31 Å². The summed E-state index contributed by atoms with van der Waals surface area (Å²) in [6, 6.07) is 11.4. The van der Waals surface area contributed by atoms with E-state index in [1.807, 2.05) is 38.1 Å². The van der Waals surface area contributed by atoms with Crippen LogP contribution in [0.5, 0.6) is 5.75 Å². The molecule has 1 aliphatic heterocycles. The van der Waals surface area contributed by atoms with Crippen molar-refractivity contribution in [3.63, 3.8) is 0 Å².